The molecule has 9 rings (SSSR count). The molecule has 2 aliphatic carbocycles. The molecule has 7 heteroatoms. The Kier molecular flexibility index (Phi) is 5.99. The van der Waals surface area contributed by atoms with Crippen molar-refractivity contribution in [1.29, 1.82) is 0 Å². The molecule has 1 spiro atoms. The first-order valence-electron chi connectivity index (χ1n) is 16.1. The lowest BCUT2D eigenvalue weighted by Crippen LogP contribution is -2.65. The quantitative estimate of drug-likeness (QED) is 0.218. The summed E-state index contributed by atoms with van der Waals surface area (Å²) in [4.78, 5) is 7.99. The van der Waals surface area contributed by atoms with Crippen LogP contribution >= 0.6 is 0 Å². The number of hydrogen-bond acceptors (Lipinski definition) is 5. The van der Waals surface area contributed by atoms with E-state index in [0.29, 0.717) is 25.0 Å². The normalized spacial score (nSPS) is 22.0. The van der Waals surface area contributed by atoms with Crippen LogP contribution in [0.15, 0.2) is 127 Å². The van der Waals surface area contributed by atoms with Gasteiger partial charge in [0.05, 0.1) is 24.6 Å². The smallest absolute Gasteiger partial charge is 0.364 e. The fourth-order valence-corrected chi connectivity index (χ4v) is 11.2. The summed E-state index contributed by atoms with van der Waals surface area (Å²) in [6, 6.07) is 45.0. The summed E-state index contributed by atoms with van der Waals surface area (Å²) in [5, 5.41) is 5.35. The minimum absolute atomic E-state index is 0.0374. The lowest BCUT2D eigenvalue weighted by molar-refractivity contribution is -0.276. The van der Waals surface area contributed by atoms with Crippen molar-refractivity contribution >= 4 is 36.9 Å². The summed E-state index contributed by atoms with van der Waals surface area (Å²) in [7, 11) is -2.01. The van der Waals surface area contributed by atoms with E-state index in [1.54, 1.807) is 0 Å². The number of para-hydroxylation sites is 2. The SMILES string of the molecule is C[Si](C)(B1Nc2ccccc2N1c1ccc2c(n1)[C@H]1C(C2)C12COC(c1ccccc1)(c1ccccc1)OC2)c1ccccc1. The van der Waals surface area contributed by atoms with Crippen LogP contribution in [0.1, 0.15) is 28.3 Å². The molecule has 1 aromatic heterocycles. The molecule has 2 atom stereocenters. The predicted octanol–water partition coefficient (Wildman–Crippen LogP) is 7.03. The summed E-state index contributed by atoms with van der Waals surface area (Å²) >= 11 is 0. The first-order valence-corrected chi connectivity index (χ1v) is 19.2. The maximum absolute atomic E-state index is 6.89. The molecular formula is C38H36BN3O2Si. The van der Waals surface area contributed by atoms with Crippen molar-refractivity contribution in [2.24, 2.45) is 11.3 Å². The van der Waals surface area contributed by atoms with Gasteiger partial charge >= 0.3 is 6.57 Å². The molecule has 1 saturated carbocycles. The Bertz CT molecular complexity index is 1840. The number of fused-ring (bicyclic) bond motifs is 6. The Hall–Kier alpha value is -4.17. The summed E-state index contributed by atoms with van der Waals surface area (Å²) < 4.78 is 13.8. The molecule has 0 bridgehead atoms. The van der Waals surface area contributed by atoms with Gasteiger partial charge in [0.15, 0.2) is 0 Å². The molecule has 2 fully saturated rings. The van der Waals surface area contributed by atoms with Crippen LogP contribution in [0.5, 0.6) is 0 Å². The minimum atomic E-state index is -2.01. The summed E-state index contributed by atoms with van der Waals surface area (Å²) in [5.41, 5.74) is 7.02. The van der Waals surface area contributed by atoms with E-state index in [9.17, 15) is 0 Å². The summed E-state index contributed by atoms with van der Waals surface area (Å²) in [6.45, 7) is 6.37. The van der Waals surface area contributed by atoms with Crippen molar-refractivity contribution in [3.8, 4) is 0 Å². The van der Waals surface area contributed by atoms with Gasteiger partial charge in [-0.25, -0.2) is 4.98 Å². The fourth-order valence-electron chi connectivity index (χ4n) is 8.37. The van der Waals surface area contributed by atoms with Crippen LogP contribution < -0.4 is 15.2 Å². The monoisotopic (exact) mass is 605 g/mol. The number of pyridine rings is 1. The second-order valence-corrected chi connectivity index (χ2v) is 18.3. The summed E-state index contributed by atoms with van der Waals surface area (Å²) in [5.74, 6) is 0.973. The topological polar surface area (TPSA) is 46.6 Å². The fraction of sp³-hybridized carbons (Fsp3) is 0.237. The van der Waals surface area contributed by atoms with Gasteiger partial charge in [-0.05, 0) is 36.1 Å². The number of rotatable bonds is 5. The van der Waals surface area contributed by atoms with Gasteiger partial charge in [-0.2, -0.15) is 0 Å². The molecule has 4 aromatic carbocycles. The molecule has 1 saturated heterocycles. The van der Waals surface area contributed by atoms with Gasteiger partial charge in [-0.1, -0.05) is 127 Å². The van der Waals surface area contributed by atoms with Crippen molar-refractivity contribution in [3.63, 3.8) is 0 Å². The maximum Gasteiger partial charge on any atom is 0.364 e. The van der Waals surface area contributed by atoms with Gasteiger partial charge in [0, 0.05) is 28.1 Å². The number of benzene rings is 4. The number of nitrogens with zero attached hydrogens (tertiary/aromatic N) is 2. The molecule has 4 aliphatic rings. The van der Waals surface area contributed by atoms with Gasteiger partial charge in [0.25, 0.3) is 0 Å². The van der Waals surface area contributed by atoms with E-state index in [2.05, 4.69) is 138 Å². The van der Waals surface area contributed by atoms with E-state index in [1.807, 2.05) is 12.1 Å². The second kappa shape index (κ2) is 9.91. The van der Waals surface area contributed by atoms with Gasteiger partial charge in [0.1, 0.15) is 13.8 Å². The third-order valence-corrected chi connectivity index (χ3v) is 14.5. The molecule has 3 heterocycles. The third kappa shape index (κ3) is 3.97. The Morgan fingerprint density at radius 1 is 0.756 bits per heavy atom. The highest BCUT2D eigenvalue weighted by Crippen LogP contribution is 2.72. The van der Waals surface area contributed by atoms with E-state index >= 15 is 0 Å². The molecule has 0 radical (unpaired) electrons. The second-order valence-electron chi connectivity index (χ2n) is 13.7. The number of hydrogen-bond donors (Lipinski definition) is 1. The predicted molar refractivity (Wildman–Crippen MR) is 184 cm³/mol. The van der Waals surface area contributed by atoms with Crippen LogP contribution in [0.4, 0.5) is 17.2 Å². The Morgan fingerprint density at radius 3 is 2.02 bits per heavy atom. The van der Waals surface area contributed by atoms with E-state index in [4.69, 9.17) is 14.5 Å². The third-order valence-electron chi connectivity index (χ3n) is 10.9. The highest BCUT2D eigenvalue weighted by atomic mass is 28.3. The number of ether oxygens (including phenoxy) is 2. The number of anilines is 3. The van der Waals surface area contributed by atoms with Crippen LogP contribution in [-0.4, -0.2) is 32.7 Å². The van der Waals surface area contributed by atoms with Gasteiger partial charge in [-0.3, -0.25) is 0 Å². The van der Waals surface area contributed by atoms with Crippen LogP contribution in [-0.2, 0) is 21.7 Å². The molecule has 2 aliphatic heterocycles. The van der Waals surface area contributed by atoms with Crippen molar-refractivity contribution in [3.05, 3.63) is 150 Å². The molecule has 222 valence electrons. The Balaban J connectivity index is 1.05. The molecule has 0 amide bonds. The Morgan fingerprint density at radius 2 is 1.36 bits per heavy atom. The summed E-state index contributed by atoms with van der Waals surface area (Å²) in [6.07, 6.45) is 1.03. The Labute approximate surface area is 266 Å². The van der Waals surface area contributed by atoms with Crippen molar-refractivity contribution in [2.45, 2.75) is 31.2 Å². The van der Waals surface area contributed by atoms with E-state index in [0.717, 1.165) is 23.4 Å². The number of nitrogens with one attached hydrogen (secondary N) is 1. The van der Waals surface area contributed by atoms with E-state index < -0.39 is 13.7 Å². The molecule has 5 nitrogen and oxygen atoms in total. The standard InChI is InChI=1S/C38H36BN3O2Si/c1-45(2,30-18-10-5-11-19-30)39-41-32-20-12-13-21-33(32)42(39)34-23-22-27-24-31-35(36(27)40-34)37(31)25-43-38(44-26-37,28-14-6-3-7-15-28)29-16-8-4-9-17-29/h3-23,31,35,41H,24-26H2,1-2H3/t31?,35-/m1/s1. The van der Waals surface area contributed by atoms with Gasteiger partial charge in [0.2, 0.25) is 5.79 Å². The highest BCUT2D eigenvalue weighted by Gasteiger charge is 2.71. The zero-order valence-corrected chi connectivity index (χ0v) is 26.7. The first kappa shape index (κ1) is 27.2. The average Bonchev–Trinajstić information content (AvgIpc) is 3.37. The zero-order chi connectivity index (χ0) is 30.2. The van der Waals surface area contributed by atoms with Crippen LogP contribution in [0.2, 0.25) is 13.1 Å². The van der Waals surface area contributed by atoms with Gasteiger partial charge < -0.3 is 19.5 Å². The van der Waals surface area contributed by atoms with Gasteiger partial charge in [-0.15, -0.1) is 0 Å². The largest absolute Gasteiger partial charge is 0.410 e. The van der Waals surface area contributed by atoms with E-state index in [1.165, 1.54) is 27.8 Å². The van der Waals surface area contributed by atoms with Crippen LogP contribution in [0, 0.1) is 11.3 Å². The molecule has 1 unspecified atom stereocenters. The molecule has 1 N–H and O–H groups in total. The van der Waals surface area contributed by atoms with Crippen molar-refractivity contribution in [1.82, 2.24) is 4.98 Å². The molecule has 45 heavy (non-hydrogen) atoms. The van der Waals surface area contributed by atoms with Crippen molar-refractivity contribution in [2.75, 3.05) is 23.3 Å². The van der Waals surface area contributed by atoms with E-state index in [-0.39, 0.29) is 12.0 Å². The highest BCUT2D eigenvalue weighted by molar-refractivity contribution is 7.40. The lowest BCUT2D eigenvalue weighted by atomic mass is 9.91. The van der Waals surface area contributed by atoms with Crippen molar-refractivity contribution < 1.29 is 9.47 Å². The minimum Gasteiger partial charge on any atom is -0.410 e. The first-order chi connectivity index (χ1) is 22.0. The number of aromatic nitrogens is 1. The molecule has 5 aromatic rings. The maximum atomic E-state index is 6.89. The average molecular weight is 606 g/mol. The lowest BCUT2D eigenvalue weighted by Gasteiger charge is -2.42. The van der Waals surface area contributed by atoms with Crippen LogP contribution in [0.25, 0.3) is 0 Å². The molecular weight excluding hydrogens is 569 g/mol. The van der Waals surface area contributed by atoms with Crippen LogP contribution in [0.3, 0.4) is 0 Å². The zero-order valence-electron chi connectivity index (χ0n) is 25.7.